The molecule has 6 saturated carbocycles. The van der Waals surface area contributed by atoms with Gasteiger partial charge < -0.3 is 62.1 Å². The lowest BCUT2D eigenvalue weighted by Crippen LogP contribution is -2.62. The monoisotopic (exact) mass is 1700 g/mol. The minimum Gasteiger partial charge on any atom is -0.564 e. The average molecular weight is 1700 g/mol. The summed E-state index contributed by atoms with van der Waals surface area (Å²) in [5.41, 5.74) is -0.909. The summed E-state index contributed by atoms with van der Waals surface area (Å²) < 4.78 is 27.8. The lowest BCUT2D eigenvalue weighted by Gasteiger charge is -2.41. The molecule has 3 unspecified atom stereocenters. The van der Waals surface area contributed by atoms with Crippen molar-refractivity contribution in [3.8, 4) is 0 Å². The Bertz CT molecular complexity index is 3860. The van der Waals surface area contributed by atoms with Crippen molar-refractivity contribution in [3.63, 3.8) is 0 Å². The van der Waals surface area contributed by atoms with E-state index in [1.165, 1.54) is 43.7 Å². The summed E-state index contributed by atoms with van der Waals surface area (Å²) in [4.78, 5) is 196. The molecule has 9 fully saturated rings. The third-order valence-electron chi connectivity index (χ3n) is 27.1. The number of aliphatic imine (C=N–C) groups is 1. The zero-order valence-corrected chi connectivity index (χ0v) is 74.6. The topological polar surface area (TPSA) is 412 Å². The number of amides is 11. The molecule has 3 aliphatic heterocycles. The molecule has 0 radical (unpaired) electrons. The number of urea groups is 1. The molecule has 6 aliphatic carbocycles. The fourth-order valence-electron chi connectivity index (χ4n) is 19.6. The first kappa shape index (κ1) is 98.3. The van der Waals surface area contributed by atoms with E-state index >= 15 is 0 Å². The molecule has 3 heterocycles. The van der Waals surface area contributed by atoms with Gasteiger partial charge in [-0.2, -0.15) is 22.0 Å². The smallest absolute Gasteiger partial charge is 0.315 e. The number of Topliss-reactive ketones (excluding diaryl/α,β-unsaturated/α-hetero) is 3. The zero-order valence-electron chi connectivity index (χ0n) is 73.1. The molecule has 119 heavy (non-hydrogen) atoms. The van der Waals surface area contributed by atoms with Crippen LogP contribution >= 0.6 is 11.8 Å². The number of likely N-dealkylation sites (N-methyl/N-ethyl adjacent to an activating group) is 1. The van der Waals surface area contributed by atoms with Crippen LogP contribution in [0.1, 0.15) is 218 Å². The Kier molecular flexibility index (Phi) is 35.4. The SMILES string of the molecule is C=CCNC(=O)C(=O)C(CCC)NC(=O)[C@@H]1[C@@H]2[C@H](CN1C(=O)[C@@H](N=C=O)C1CCCCC1)C2(C)C.C=CCNC(=O)C(=O)C(CCC)NC(=O)[C@@H]1[C@@H]2[C@H](CN1C(=O)[C@@H](NC(=O)N[C@H](CN(C)S(=O)(=O)N(C)C)C(C)(C)C)C1CCCCC1)C2(C)C.C=CCNC(=O)C(=O)C(CCC)NC(=O)[C@@H]1[C@@H]2[C@H](CN1C(=O)[C@@H]([N-]Cl)C1CCCCC1)C2(C)C. The van der Waals surface area contributed by atoms with Crippen LogP contribution in [0.5, 0.6) is 0 Å². The van der Waals surface area contributed by atoms with Gasteiger partial charge in [0.1, 0.15) is 30.2 Å². The van der Waals surface area contributed by atoms with Gasteiger partial charge in [-0.05, 0) is 126 Å². The summed E-state index contributed by atoms with van der Waals surface area (Å²) in [5, 5.41) is 21.7. The normalized spacial score (nSPS) is 25.6. The van der Waals surface area contributed by atoms with E-state index < -0.39 is 129 Å². The molecule has 16 atom stereocenters. The molecule has 11 amide bonds. The number of carbonyl (C=O) groups excluding carboxylic acids is 14. The van der Waals surface area contributed by atoms with E-state index in [1.807, 2.05) is 41.5 Å². The summed E-state index contributed by atoms with van der Waals surface area (Å²) in [6, 6.07) is -8.87. The quantitative estimate of drug-likeness (QED) is 0.0133. The first-order valence-electron chi connectivity index (χ1n) is 43.3. The van der Waals surface area contributed by atoms with Crippen molar-refractivity contribution < 1.29 is 75.5 Å². The molecule has 9 rings (SSSR count). The molecule has 3 saturated heterocycles. The van der Waals surface area contributed by atoms with Crippen molar-refractivity contribution >= 4 is 105 Å². The predicted octanol–water partition coefficient (Wildman–Crippen LogP) is 7.04. The van der Waals surface area contributed by atoms with Crippen molar-refractivity contribution in [2.45, 2.75) is 278 Å². The number of piperidine rings is 3. The van der Waals surface area contributed by atoms with Gasteiger partial charge in [-0.15, -0.1) is 19.7 Å². The molecule has 666 valence electrons. The van der Waals surface area contributed by atoms with Gasteiger partial charge in [0.25, 0.3) is 27.9 Å². The van der Waals surface area contributed by atoms with Gasteiger partial charge in [0.2, 0.25) is 58.9 Å². The average Bonchev–Trinajstić information content (AvgIpc) is 1.54. The van der Waals surface area contributed by atoms with Crippen LogP contribution in [0.25, 0.3) is 4.84 Å². The number of likely N-dealkylation sites (tertiary alicyclic amines) is 3. The summed E-state index contributed by atoms with van der Waals surface area (Å²) in [7, 11) is 0.608. The highest BCUT2D eigenvalue weighted by atomic mass is 35.5. The molecule has 31 nitrogen and oxygen atoms in total. The first-order chi connectivity index (χ1) is 56.1. The van der Waals surface area contributed by atoms with Crippen LogP contribution in [0.3, 0.4) is 0 Å². The van der Waals surface area contributed by atoms with Crippen molar-refractivity contribution in [2.24, 2.45) is 79.9 Å². The number of nitrogens with zero attached hydrogens (tertiary/aromatic N) is 7. The third kappa shape index (κ3) is 23.5. The second-order valence-electron chi connectivity index (χ2n) is 37.3. The van der Waals surface area contributed by atoms with Gasteiger partial charge in [-0.1, -0.05) is 191 Å². The van der Waals surface area contributed by atoms with Gasteiger partial charge in [-0.25, -0.2) is 9.59 Å². The number of hydrogen-bond acceptors (Lipinski definition) is 17. The maximum Gasteiger partial charge on any atom is 0.315 e. The number of nitrogens with one attached hydrogen (secondary N) is 8. The molecular weight excluding hydrogens is 1570 g/mol. The van der Waals surface area contributed by atoms with E-state index in [1.54, 1.807) is 20.8 Å². The summed E-state index contributed by atoms with van der Waals surface area (Å²) >= 11 is 5.93. The fourth-order valence-corrected chi connectivity index (χ4v) is 20.8. The third-order valence-corrected chi connectivity index (χ3v) is 29.2. The lowest BCUT2D eigenvalue weighted by atomic mass is 9.83. The number of carbonyl (C=O) groups is 13. The Hall–Kier alpha value is -7.77. The second-order valence-corrected chi connectivity index (χ2v) is 39.7. The molecule has 0 bridgehead atoms. The van der Waals surface area contributed by atoms with Gasteiger partial charge in [-0.3, -0.25) is 69.3 Å². The lowest BCUT2D eigenvalue weighted by molar-refractivity contribution is -0.144. The fraction of sp³-hybridized carbons (Fsp3) is 0.767. The first-order valence-corrected chi connectivity index (χ1v) is 45.0. The highest BCUT2D eigenvalue weighted by Gasteiger charge is 2.72. The minimum atomic E-state index is -3.74. The Balaban J connectivity index is 0.000000253. The Morgan fingerprint density at radius 2 is 0.849 bits per heavy atom. The van der Waals surface area contributed by atoms with Gasteiger partial charge in [0.15, 0.2) is 0 Å². The largest absolute Gasteiger partial charge is 0.564 e. The van der Waals surface area contributed by atoms with Gasteiger partial charge in [0.05, 0.1) is 18.1 Å². The van der Waals surface area contributed by atoms with Crippen molar-refractivity contribution in [1.82, 2.24) is 65.8 Å². The van der Waals surface area contributed by atoms with E-state index in [-0.39, 0.29) is 126 Å². The number of halogens is 1. The molecule has 0 aromatic rings. The minimum absolute atomic E-state index is 0.00533. The van der Waals surface area contributed by atoms with Crippen LogP contribution in [-0.2, 0) is 72.5 Å². The van der Waals surface area contributed by atoms with Crippen molar-refractivity contribution in [2.75, 3.05) is 67.0 Å². The zero-order chi connectivity index (χ0) is 88.6. The van der Waals surface area contributed by atoms with Crippen molar-refractivity contribution in [1.29, 1.82) is 0 Å². The van der Waals surface area contributed by atoms with E-state index in [0.29, 0.717) is 51.7 Å². The Morgan fingerprint density at radius 3 is 1.17 bits per heavy atom. The van der Waals surface area contributed by atoms with Crippen LogP contribution in [0.2, 0.25) is 0 Å². The van der Waals surface area contributed by atoms with Crippen LogP contribution in [0.15, 0.2) is 43.0 Å². The standard InChI is InChI=1S/C35H61N7O7S.C26H38N4O5.C25H38ClN4O4/c1-11-16-24(29(43)31(45)36-19-12-2)37-30(44)28-26-23(35(26,6)7)20-42(28)32(46)27(22-17-14-13-15-18-22)39-33(47)38-25(34(3,4)5)21-41(10)50(48,49)40(8)9;1-5-10-18(22(32)24(34)27-13-6-2)29-23(33)21-19-17(26(19,3)4)14-30(21)25(35)20(28-15-31)16-11-8-7-9-12-16;1-5-10-17(21(31)23(33)27-13-6-2)28-22(32)20-18-16(25(18,3)4)14-30(20)24(34)19(29-26)15-11-8-7-9-12-15/h12,22-28H,2,11,13-21H2,1,3-10H3,(H,36,45)(H,37,44)(H2,38,39,47);6,16-21H,2,5,7-14H2,1,3-4H3,(H,27,34)(H,29,33);6,15-20H,2,5,7-14H2,1,3-4H3,(H,27,33)(H,28,32)/q;;-1/t23-,24?,25+,26-,27-,28-;17-,18?,19-,20-,21-;16-,17?,18-,19-,20-/m000/s1. The van der Waals surface area contributed by atoms with Crippen LogP contribution in [0.4, 0.5) is 4.79 Å². The van der Waals surface area contributed by atoms with E-state index in [4.69, 9.17) is 11.8 Å². The predicted molar refractivity (Wildman–Crippen MR) is 453 cm³/mol. The molecule has 0 aromatic carbocycles. The van der Waals surface area contributed by atoms with E-state index in [9.17, 15) is 75.5 Å². The molecule has 8 N–H and O–H groups in total. The maximum atomic E-state index is 14.6. The summed E-state index contributed by atoms with van der Waals surface area (Å²) in [6.07, 6.45) is 22.8. The van der Waals surface area contributed by atoms with E-state index in [2.05, 4.69) is 114 Å². The maximum absolute atomic E-state index is 14.6. The number of fused-ring (bicyclic) bond motifs is 3. The molecule has 33 heteroatoms. The van der Waals surface area contributed by atoms with Crippen LogP contribution < -0.4 is 42.5 Å². The molecule has 9 aliphatic rings. The second kappa shape index (κ2) is 42.8. The summed E-state index contributed by atoms with van der Waals surface area (Å²) in [6.45, 7) is 36.1. The molecular formula is C86H137ClN15O16S-. The number of rotatable bonds is 38. The molecule has 0 spiro atoms. The van der Waals surface area contributed by atoms with Crippen molar-refractivity contribution in [3.05, 3.63) is 42.8 Å². The van der Waals surface area contributed by atoms with Crippen LogP contribution in [-0.4, -0.2) is 242 Å². The highest BCUT2D eigenvalue weighted by molar-refractivity contribution is 7.86. The molecule has 0 aromatic heterocycles. The van der Waals surface area contributed by atoms with Gasteiger partial charge >= 0.3 is 6.03 Å². The Labute approximate surface area is 710 Å². The Morgan fingerprint density at radius 1 is 0.513 bits per heavy atom. The van der Waals surface area contributed by atoms with E-state index in [0.717, 1.165) is 101 Å². The highest BCUT2D eigenvalue weighted by Crippen LogP contribution is 2.67. The van der Waals surface area contributed by atoms with Crippen LogP contribution in [0, 0.1) is 74.9 Å². The number of hydrogen-bond donors (Lipinski definition) is 8. The number of isocyanates is 1. The van der Waals surface area contributed by atoms with Gasteiger partial charge in [0, 0.05) is 73.0 Å². The summed E-state index contributed by atoms with van der Waals surface area (Å²) in [5.74, 6) is -6.47. The number of ketones is 3.